The van der Waals surface area contributed by atoms with Crippen LogP contribution in [0.1, 0.15) is 27.2 Å². The summed E-state index contributed by atoms with van der Waals surface area (Å²) in [6.45, 7) is 7.39. The summed E-state index contributed by atoms with van der Waals surface area (Å²) in [4.78, 5) is 13.5. The molecular formula is C10H23N3O2. The van der Waals surface area contributed by atoms with Gasteiger partial charge < -0.3 is 4.74 Å². The number of nitrogens with two attached hydrogens (primary N) is 1. The lowest BCUT2D eigenvalue weighted by molar-refractivity contribution is -0.127. The highest BCUT2D eigenvalue weighted by Crippen LogP contribution is 2.08. The molecule has 0 fully saturated rings. The van der Waals surface area contributed by atoms with Crippen LogP contribution in [0.25, 0.3) is 0 Å². The van der Waals surface area contributed by atoms with Gasteiger partial charge in [0.25, 0.3) is 5.91 Å². The van der Waals surface area contributed by atoms with Gasteiger partial charge in [0.05, 0.1) is 12.6 Å². The van der Waals surface area contributed by atoms with Crippen LogP contribution in [0, 0.1) is 0 Å². The number of hydrogen-bond acceptors (Lipinski definition) is 4. The minimum absolute atomic E-state index is 0.161. The number of nitrogens with one attached hydrogen (secondary N) is 1. The van der Waals surface area contributed by atoms with E-state index >= 15 is 0 Å². The molecule has 0 aromatic heterocycles. The van der Waals surface area contributed by atoms with E-state index in [-0.39, 0.29) is 11.9 Å². The van der Waals surface area contributed by atoms with Crippen molar-refractivity contribution in [3.8, 4) is 0 Å². The van der Waals surface area contributed by atoms with Crippen LogP contribution >= 0.6 is 0 Å². The molecule has 3 N–H and O–H groups in total. The molecule has 0 aromatic carbocycles. The van der Waals surface area contributed by atoms with Crippen molar-refractivity contribution in [2.45, 2.75) is 39.3 Å². The standard InChI is InChI=1S/C10H23N3O2/c1-5-8(2)13(6-7-15-4)9(3)10(14)12-11/h8-9H,5-7,11H2,1-4H3,(H,12,14). The highest BCUT2D eigenvalue weighted by molar-refractivity contribution is 5.80. The summed E-state index contributed by atoms with van der Waals surface area (Å²) in [6.07, 6.45) is 0.992. The Kier molecular flexibility index (Phi) is 7.29. The van der Waals surface area contributed by atoms with E-state index in [2.05, 4.69) is 24.2 Å². The van der Waals surface area contributed by atoms with Crippen molar-refractivity contribution < 1.29 is 9.53 Å². The van der Waals surface area contributed by atoms with Gasteiger partial charge in [-0.1, -0.05) is 6.92 Å². The van der Waals surface area contributed by atoms with Crippen LogP contribution in [0.2, 0.25) is 0 Å². The van der Waals surface area contributed by atoms with Gasteiger partial charge in [-0.25, -0.2) is 5.84 Å². The molecular weight excluding hydrogens is 194 g/mol. The number of methoxy groups -OCH3 is 1. The van der Waals surface area contributed by atoms with Crippen molar-refractivity contribution in [2.24, 2.45) is 5.84 Å². The fraction of sp³-hybridized carbons (Fsp3) is 0.900. The van der Waals surface area contributed by atoms with Crippen molar-refractivity contribution >= 4 is 5.91 Å². The molecule has 0 heterocycles. The summed E-state index contributed by atoms with van der Waals surface area (Å²) in [5, 5.41) is 0. The number of carbonyl (C=O) groups is 1. The number of carbonyl (C=O) groups excluding carboxylic acids is 1. The van der Waals surface area contributed by atoms with E-state index in [0.29, 0.717) is 12.6 Å². The molecule has 15 heavy (non-hydrogen) atoms. The number of hydrazine groups is 1. The number of amides is 1. The number of hydrogen-bond donors (Lipinski definition) is 2. The Morgan fingerprint density at radius 1 is 1.53 bits per heavy atom. The zero-order valence-corrected chi connectivity index (χ0v) is 10.1. The van der Waals surface area contributed by atoms with Crippen molar-refractivity contribution in [3.05, 3.63) is 0 Å². The molecule has 2 unspecified atom stereocenters. The Morgan fingerprint density at radius 2 is 2.13 bits per heavy atom. The first kappa shape index (κ1) is 14.3. The van der Waals surface area contributed by atoms with Gasteiger partial charge in [0.15, 0.2) is 0 Å². The molecule has 5 nitrogen and oxygen atoms in total. The molecule has 0 aromatic rings. The monoisotopic (exact) mass is 217 g/mol. The first-order valence-corrected chi connectivity index (χ1v) is 5.33. The Balaban J connectivity index is 4.39. The first-order valence-electron chi connectivity index (χ1n) is 5.33. The quantitative estimate of drug-likeness (QED) is 0.361. The second kappa shape index (κ2) is 7.62. The minimum atomic E-state index is -0.222. The van der Waals surface area contributed by atoms with E-state index in [1.54, 1.807) is 7.11 Å². The molecule has 1 amide bonds. The SMILES string of the molecule is CCC(C)N(CCOC)C(C)C(=O)NN. The number of rotatable bonds is 7. The van der Waals surface area contributed by atoms with E-state index < -0.39 is 0 Å². The maximum Gasteiger partial charge on any atom is 0.250 e. The average Bonchev–Trinajstić information content (AvgIpc) is 2.27. The maximum atomic E-state index is 11.4. The minimum Gasteiger partial charge on any atom is -0.383 e. The predicted octanol–water partition coefficient (Wildman–Crippen LogP) is 0.112. The molecule has 0 aliphatic heterocycles. The Bertz CT molecular complexity index is 188. The summed E-state index contributed by atoms with van der Waals surface area (Å²) in [7, 11) is 1.66. The normalized spacial score (nSPS) is 15.1. The highest BCUT2D eigenvalue weighted by atomic mass is 16.5. The van der Waals surface area contributed by atoms with Gasteiger partial charge in [-0.2, -0.15) is 0 Å². The zero-order valence-electron chi connectivity index (χ0n) is 10.1. The predicted molar refractivity (Wildman–Crippen MR) is 60.1 cm³/mol. The fourth-order valence-electron chi connectivity index (χ4n) is 1.50. The fourth-order valence-corrected chi connectivity index (χ4v) is 1.50. The molecule has 0 aliphatic carbocycles. The summed E-state index contributed by atoms with van der Waals surface area (Å²) in [6, 6.07) is 0.118. The van der Waals surface area contributed by atoms with Crippen molar-refractivity contribution in [1.82, 2.24) is 10.3 Å². The molecule has 0 saturated heterocycles. The van der Waals surface area contributed by atoms with Gasteiger partial charge >= 0.3 is 0 Å². The van der Waals surface area contributed by atoms with Crippen LogP contribution in [0.15, 0.2) is 0 Å². The molecule has 0 saturated carbocycles. The molecule has 90 valence electrons. The van der Waals surface area contributed by atoms with Crippen LogP contribution in [-0.2, 0) is 9.53 Å². The Labute approximate surface area is 91.9 Å². The zero-order chi connectivity index (χ0) is 11.8. The van der Waals surface area contributed by atoms with Crippen LogP contribution in [0.4, 0.5) is 0 Å². The summed E-state index contributed by atoms with van der Waals surface area (Å²) in [5.41, 5.74) is 2.18. The molecule has 5 heteroatoms. The number of nitrogens with zero attached hydrogens (tertiary/aromatic N) is 1. The third-order valence-electron chi connectivity index (χ3n) is 2.73. The summed E-state index contributed by atoms with van der Waals surface area (Å²) in [5.74, 6) is 4.96. The average molecular weight is 217 g/mol. The van der Waals surface area contributed by atoms with Gasteiger partial charge in [-0.3, -0.25) is 15.1 Å². The molecule has 2 atom stereocenters. The van der Waals surface area contributed by atoms with Crippen LogP contribution < -0.4 is 11.3 Å². The second-order valence-corrected chi connectivity index (χ2v) is 3.67. The van der Waals surface area contributed by atoms with Gasteiger partial charge in [0, 0.05) is 19.7 Å². The van der Waals surface area contributed by atoms with Crippen LogP contribution in [0.3, 0.4) is 0 Å². The second-order valence-electron chi connectivity index (χ2n) is 3.67. The van der Waals surface area contributed by atoms with Crippen LogP contribution in [-0.4, -0.2) is 43.2 Å². The third-order valence-corrected chi connectivity index (χ3v) is 2.73. The number of ether oxygens (including phenoxy) is 1. The lowest BCUT2D eigenvalue weighted by Crippen LogP contribution is -2.51. The molecule has 0 rings (SSSR count). The van der Waals surface area contributed by atoms with E-state index in [4.69, 9.17) is 10.6 Å². The van der Waals surface area contributed by atoms with Gasteiger partial charge in [-0.15, -0.1) is 0 Å². The van der Waals surface area contributed by atoms with E-state index in [1.807, 2.05) is 6.92 Å². The van der Waals surface area contributed by atoms with Gasteiger partial charge in [0.2, 0.25) is 0 Å². The Hall–Kier alpha value is -0.650. The van der Waals surface area contributed by atoms with Crippen molar-refractivity contribution in [2.75, 3.05) is 20.3 Å². The van der Waals surface area contributed by atoms with E-state index in [9.17, 15) is 4.79 Å². The topological polar surface area (TPSA) is 67.6 Å². The lowest BCUT2D eigenvalue weighted by Gasteiger charge is -2.32. The third kappa shape index (κ3) is 4.59. The first-order chi connectivity index (χ1) is 7.08. The molecule has 0 spiro atoms. The Morgan fingerprint density at radius 3 is 2.53 bits per heavy atom. The maximum absolute atomic E-state index is 11.4. The van der Waals surface area contributed by atoms with Gasteiger partial charge in [-0.05, 0) is 20.3 Å². The van der Waals surface area contributed by atoms with E-state index in [1.165, 1.54) is 0 Å². The summed E-state index contributed by atoms with van der Waals surface area (Å²) < 4.78 is 5.03. The van der Waals surface area contributed by atoms with E-state index in [0.717, 1.165) is 13.0 Å². The summed E-state index contributed by atoms with van der Waals surface area (Å²) >= 11 is 0. The molecule has 0 aliphatic rings. The van der Waals surface area contributed by atoms with Crippen LogP contribution in [0.5, 0.6) is 0 Å². The highest BCUT2D eigenvalue weighted by Gasteiger charge is 2.23. The molecule has 0 radical (unpaired) electrons. The smallest absolute Gasteiger partial charge is 0.250 e. The lowest BCUT2D eigenvalue weighted by atomic mass is 10.1. The van der Waals surface area contributed by atoms with Crippen molar-refractivity contribution in [1.29, 1.82) is 0 Å². The largest absolute Gasteiger partial charge is 0.383 e. The van der Waals surface area contributed by atoms with Crippen molar-refractivity contribution in [3.63, 3.8) is 0 Å². The van der Waals surface area contributed by atoms with Gasteiger partial charge in [0.1, 0.15) is 0 Å². The molecule has 0 bridgehead atoms.